The van der Waals surface area contributed by atoms with Crippen molar-refractivity contribution in [3.05, 3.63) is 0 Å². The third-order valence-electron chi connectivity index (χ3n) is 6.84. The van der Waals surface area contributed by atoms with Gasteiger partial charge in [0, 0.05) is 6.54 Å². The van der Waals surface area contributed by atoms with Crippen LogP contribution in [0.2, 0.25) is 33.2 Å². The van der Waals surface area contributed by atoms with Gasteiger partial charge in [-0.15, -0.1) is 0 Å². The molecule has 4 heteroatoms. The number of nitrogens with zero attached hydrogens (tertiary/aromatic N) is 1. The highest BCUT2D eigenvalue weighted by Crippen LogP contribution is 2.53. The molecule has 0 fully saturated rings. The van der Waals surface area contributed by atoms with Gasteiger partial charge in [-0.05, 0) is 39.8 Å². The lowest BCUT2D eigenvalue weighted by Gasteiger charge is -2.63. The summed E-state index contributed by atoms with van der Waals surface area (Å²) in [5.74, 6) is 0. The lowest BCUT2D eigenvalue weighted by Crippen LogP contribution is -2.74. The maximum Gasteiger partial charge on any atom is 0.129 e. The highest BCUT2D eigenvalue weighted by molar-refractivity contribution is 6.96. The zero-order chi connectivity index (χ0) is 19.5. The van der Waals surface area contributed by atoms with Crippen LogP contribution in [0.3, 0.4) is 0 Å². The van der Waals surface area contributed by atoms with Crippen LogP contribution in [0.4, 0.5) is 0 Å². The first-order valence-corrected chi connectivity index (χ1v) is 14.7. The molecule has 0 amide bonds. The minimum Gasteiger partial charge on any atom is -0.343 e. The predicted octanol–water partition coefficient (Wildman–Crippen LogP) is 6.60. The average molecular weight is 373 g/mol. The summed E-state index contributed by atoms with van der Waals surface area (Å²) in [6.45, 7) is 31.8. The van der Waals surface area contributed by atoms with Crippen molar-refractivity contribution in [2.24, 2.45) is 5.73 Å². The molecule has 0 unspecified atom stereocenters. The first kappa shape index (κ1) is 24.4. The second-order valence-corrected chi connectivity index (χ2v) is 21.6. The Morgan fingerprint density at radius 2 is 0.750 bits per heavy atom. The van der Waals surface area contributed by atoms with Crippen molar-refractivity contribution in [1.82, 2.24) is 4.23 Å². The van der Waals surface area contributed by atoms with Gasteiger partial charge in [-0.3, -0.25) is 0 Å². The molecule has 0 heterocycles. The van der Waals surface area contributed by atoms with Gasteiger partial charge in [0.15, 0.2) is 0 Å². The predicted molar refractivity (Wildman–Crippen MR) is 118 cm³/mol. The van der Waals surface area contributed by atoms with Gasteiger partial charge in [-0.1, -0.05) is 83.1 Å². The van der Waals surface area contributed by atoms with Crippen LogP contribution >= 0.6 is 0 Å². The van der Waals surface area contributed by atoms with E-state index in [0.29, 0.717) is 0 Å². The second-order valence-electron chi connectivity index (χ2n) is 9.64. The Labute approximate surface area is 156 Å². The SMILES string of the molecule is CC(C)[Si](C(C)C)(C(C)C)N(CCN)[Si](C(C)C)(C(C)C)C(C)C. The molecule has 0 spiro atoms. The molecule has 0 bridgehead atoms. The molecule has 2 N–H and O–H groups in total. The molecule has 0 radical (unpaired) electrons. The van der Waals surface area contributed by atoms with Crippen molar-refractivity contribution in [2.45, 2.75) is 116 Å². The van der Waals surface area contributed by atoms with E-state index in [0.717, 1.165) is 46.3 Å². The maximum atomic E-state index is 6.23. The van der Waals surface area contributed by atoms with Gasteiger partial charge >= 0.3 is 0 Å². The lowest BCUT2D eigenvalue weighted by molar-refractivity contribution is 0.504. The van der Waals surface area contributed by atoms with E-state index in [2.05, 4.69) is 87.3 Å². The molecular formula is C20H48N2Si2. The van der Waals surface area contributed by atoms with E-state index in [1.54, 1.807) is 0 Å². The van der Waals surface area contributed by atoms with Gasteiger partial charge in [0.1, 0.15) is 16.5 Å². The van der Waals surface area contributed by atoms with Crippen LogP contribution in [0.25, 0.3) is 0 Å². The minimum absolute atomic E-state index is 0.757. The van der Waals surface area contributed by atoms with Crippen molar-refractivity contribution in [3.63, 3.8) is 0 Å². The highest BCUT2D eigenvalue weighted by Gasteiger charge is 2.58. The fourth-order valence-electron chi connectivity index (χ4n) is 6.72. The summed E-state index contributed by atoms with van der Waals surface area (Å²) >= 11 is 0. The highest BCUT2D eigenvalue weighted by atomic mass is 28.4. The van der Waals surface area contributed by atoms with Crippen molar-refractivity contribution in [1.29, 1.82) is 0 Å². The smallest absolute Gasteiger partial charge is 0.129 e. The standard InChI is InChI=1S/C20H48N2Si2/c1-15(2)23(16(3)4,17(5)6)22(14-13-21)24(18(7)8,19(9)10)20(11)12/h15-20H,13-14,21H2,1-12H3. The van der Waals surface area contributed by atoms with Gasteiger partial charge in [0.05, 0.1) is 0 Å². The van der Waals surface area contributed by atoms with E-state index < -0.39 is 16.5 Å². The number of rotatable bonds is 10. The molecule has 0 aliphatic heterocycles. The van der Waals surface area contributed by atoms with Crippen LogP contribution in [0.1, 0.15) is 83.1 Å². The normalized spacial score (nSPS) is 14.5. The first-order valence-electron chi connectivity index (χ1n) is 10.3. The van der Waals surface area contributed by atoms with E-state index in [4.69, 9.17) is 5.73 Å². The molecule has 0 rings (SSSR count). The van der Waals surface area contributed by atoms with E-state index in [9.17, 15) is 0 Å². The zero-order valence-electron chi connectivity index (χ0n) is 18.9. The average Bonchev–Trinajstić information content (AvgIpc) is 2.37. The molecule has 0 aromatic carbocycles. The van der Waals surface area contributed by atoms with Crippen LogP contribution in [-0.4, -0.2) is 33.8 Å². The summed E-state index contributed by atoms with van der Waals surface area (Å²) in [4.78, 5) is 0. The summed E-state index contributed by atoms with van der Waals surface area (Å²) in [6.07, 6.45) is 0. The molecule has 0 saturated heterocycles. The fraction of sp³-hybridized carbons (Fsp3) is 1.00. The van der Waals surface area contributed by atoms with Gasteiger partial charge in [-0.2, -0.15) is 0 Å². The summed E-state index contributed by atoms with van der Waals surface area (Å²) in [5.41, 5.74) is 10.8. The quantitative estimate of drug-likeness (QED) is 0.438. The molecule has 2 nitrogen and oxygen atoms in total. The Morgan fingerprint density at radius 3 is 0.875 bits per heavy atom. The van der Waals surface area contributed by atoms with Gasteiger partial charge in [0.25, 0.3) is 0 Å². The Kier molecular flexibility index (Phi) is 9.47. The van der Waals surface area contributed by atoms with E-state index in [1.165, 1.54) is 0 Å². The van der Waals surface area contributed by atoms with Crippen LogP contribution in [0.15, 0.2) is 0 Å². The minimum atomic E-state index is -1.69. The largest absolute Gasteiger partial charge is 0.343 e. The Morgan fingerprint density at radius 1 is 0.542 bits per heavy atom. The summed E-state index contributed by atoms with van der Waals surface area (Å²) < 4.78 is 3.15. The summed E-state index contributed by atoms with van der Waals surface area (Å²) in [6, 6.07) is 0. The summed E-state index contributed by atoms with van der Waals surface area (Å²) in [5, 5.41) is 0. The van der Waals surface area contributed by atoms with E-state index >= 15 is 0 Å². The lowest BCUT2D eigenvalue weighted by atomic mass is 10.5. The van der Waals surface area contributed by atoms with Gasteiger partial charge < -0.3 is 9.96 Å². The van der Waals surface area contributed by atoms with Crippen LogP contribution in [0, 0.1) is 0 Å². The monoisotopic (exact) mass is 372 g/mol. The molecule has 0 saturated carbocycles. The van der Waals surface area contributed by atoms with Crippen molar-refractivity contribution >= 4 is 16.5 Å². The topological polar surface area (TPSA) is 29.3 Å². The number of nitrogens with two attached hydrogens (primary N) is 1. The van der Waals surface area contributed by atoms with Crippen molar-refractivity contribution in [3.8, 4) is 0 Å². The van der Waals surface area contributed by atoms with Crippen LogP contribution in [-0.2, 0) is 0 Å². The third-order valence-corrected chi connectivity index (χ3v) is 22.6. The molecular weight excluding hydrogens is 324 g/mol. The fourth-order valence-corrected chi connectivity index (χ4v) is 26.8. The molecule has 0 aromatic rings. The molecule has 0 atom stereocenters. The number of hydrogen-bond acceptors (Lipinski definition) is 2. The molecule has 146 valence electrons. The molecule has 0 aliphatic rings. The van der Waals surface area contributed by atoms with E-state index in [1.807, 2.05) is 0 Å². The van der Waals surface area contributed by atoms with Crippen molar-refractivity contribution in [2.75, 3.05) is 13.1 Å². The zero-order valence-corrected chi connectivity index (χ0v) is 20.9. The first-order chi connectivity index (χ1) is 10.9. The van der Waals surface area contributed by atoms with Crippen LogP contribution in [0.5, 0.6) is 0 Å². The molecule has 0 aromatic heterocycles. The summed E-state index contributed by atoms with van der Waals surface area (Å²) in [7, 11) is -3.37. The van der Waals surface area contributed by atoms with Crippen LogP contribution < -0.4 is 5.73 Å². The van der Waals surface area contributed by atoms with Gasteiger partial charge in [-0.25, -0.2) is 0 Å². The van der Waals surface area contributed by atoms with Crippen molar-refractivity contribution < 1.29 is 0 Å². The Bertz CT molecular complexity index is 287. The Balaban J connectivity index is 6.79. The molecule has 0 aliphatic carbocycles. The third kappa shape index (κ3) is 3.87. The van der Waals surface area contributed by atoms with E-state index in [-0.39, 0.29) is 0 Å². The van der Waals surface area contributed by atoms with Gasteiger partial charge in [0.2, 0.25) is 0 Å². The molecule has 24 heavy (non-hydrogen) atoms. The second kappa shape index (κ2) is 9.34. The Hall–Kier alpha value is 0.354. The number of hydrogen-bond donors (Lipinski definition) is 1. The maximum absolute atomic E-state index is 6.23.